The summed E-state index contributed by atoms with van der Waals surface area (Å²) in [5.41, 5.74) is 1.58. The van der Waals surface area contributed by atoms with Crippen molar-refractivity contribution in [3.8, 4) is 0 Å². The largest absolute Gasteiger partial charge is 0.454 e. The number of aryl methyl sites for hydroxylation is 2. The maximum Gasteiger partial charge on any atom is 0.326 e. The lowest BCUT2D eigenvalue weighted by Gasteiger charge is -2.20. The number of amides is 4. The SMILES string of the molecule is Cc1ccc(C)c(NC(=O)COC(=O)CN2C(=O)N[C@@](C)(C3CC3)C2=O)c1. The Labute approximate surface area is 157 Å². The number of anilines is 1. The highest BCUT2D eigenvalue weighted by Crippen LogP contribution is 2.42. The molecule has 0 aromatic heterocycles. The Morgan fingerprint density at radius 1 is 1.30 bits per heavy atom. The minimum Gasteiger partial charge on any atom is -0.454 e. The van der Waals surface area contributed by atoms with Crippen molar-refractivity contribution in [2.75, 3.05) is 18.5 Å². The van der Waals surface area contributed by atoms with E-state index in [1.165, 1.54) is 0 Å². The van der Waals surface area contributed by atoms with Gasteiger partial charge < -0.3 is 15.4 Å². The average Bonchev–Trinajstić information content (AvgIpc) is 3.43. The van der Waals surface area contributed by atoms with Crippen LogP contribution in [-0.4, -0.2) is 47.4 Å². The highest BCUT2D eigenvalue weighted by Gasteiger charge is 2.56. The fourth-order valence-corrected chi connectivity index (χ4v) is 3.17. The van der Waals surface area contributed by atoms with Gasteiger partial charge >= 0.3 is 12.0 Å². The van der Waals surface area contributed by atoms with Crippen LogP contribution in [0.4, 0.5) is 10.5 Å². The number of carbonyl (C=O) groups excluding carboxylic acids is 4. The van der Waals surface area contributed by atoms with Crippen molar-refractivity contribution in [1.82, 2.24) is 10.2 Å². The van der Waals surface area contributed by atoms with E-state index in [-0.39, 0.29) is 5.92 Å². The van der Waals surface area contributed by atoms with Gasteiger partial charge in [-0.1, -0.05) is 12.1 Å². The highest BCUT2D eigenvalue weighted by molar-refractivity contribution is 6.09. The number of hydrogen-bond acceptors (Lipinski definition) is 5. The molecule has 8 nitrogen and oxygen atoms in total. The van der Waals surface area contributed by atoms with Gasteiger partial charge in [-0.05, 0) is 56.7 Å². The number of benzene rings is 1. The van der Waals surface area contributed by atoms with Crippen LogP contribution < -0.4 is 10.6 Å². The number of nitrogens with zero attached hydrogens (tertiary/aromatic N) is 1. The van der Waals surface area contributed by atoms with Crippen LogP contribution in [0.15, 0.2) is 18.2 Å². The summed E-state index contributed by atoms with van der Waals surface area (Å²) in [5, 5.41) is 5.33. The van der Waals surface area contributed by atoms with Crippen LogP contribution >= 0.6 is 0 Å². The molecule has 1 aliphatic carbocycles. The zero-order valence-electron chi connectivity index (χ0n) is 15.6. The van der Waals surface area contributed by atoms with Crippen molar-refractivity contribution in [3.63, 3.8) is 0 Å². The first-order valence-corrected chi connectivity index (χ1v) is 8.87. The number of nitrogens with one attached hydrogen (secondary N) is 2. The van der Waals surface area contributed by atoms with Gasteiger partial charge in [0.25, 0.3) is 11.8 Å². The van der Waals surface area contributed by atoms with Gasteiger partial charge in [-0.25, -0.2) is 4.79 Å². The molecule has 1 aromatic rings. The summed E-state index contributed by atoms with van der Waals surface area (Å²) in [6.45, 7) is 4.44. The normalized spacial score (nSPS) is 21.8. The quantitative estimate of drug-likeness (QED) is 0.581. The van der Waals surface area contributed by atoms with Gasteiger partial charge in [0.15, 0.2) is 6.61 Å². The van der Waals surface area contributed by atoms with Crippen molar-refractivity contribution in [1.29, 1.82) is 0 Å². The number of rotatable bonds is 6. The Morgan fingerprint density at radius 2 is 2.00 bits per heavy atom. The molecule has 0 radical (unpaired) electrons. The summed E-state index contributed by atoms with van der Waals surface area (Å²) in [7, 11) is 0. The Kier molecular flexibility index (Phi) is 4.91. The summed E-state index contributed by atoms with van der Waals surface area (Å²) < 4.78 is 4.92. The van der Waals surface area contributed by atoms with Crippen molar-refractivity contribution in [3.05, 3.63) is 29.3 Å². The van der Waals surface area contributed by atoms with Crippen molar-refractivity contribution in [2.24, 2.45) is 5.92 Å². The molecular weight excluding hydrogens is 350 g/mol. The van der Waals surface area contributed by atoms with Crippen LogP contribution in [0.2, 0.25) is 0 Å². The van der Waals surface area contributed by atoms with E-state index < -0.39 is 42.5 Å². The van der Waals surface area contributed by atoms with Crippen LogP contribution in [0.1, 0.15) is 30.9 Å². The van der Waals surface area contributed by atoms with Crippen LogP contribution in [-0.2, 0) is 19.1 Å². The second-order valence-electron chi connectivity index (χ2n) is 7.33. The van der Waals surface area contributed by atoms with E-state index in [9.17, 15) is 19.2 Å². The first kappa shape index (κ1) is 18.9. The van der Waals surface area contributed by atoms with Crippen LogP contribution in [0.5, 0.6) is 0 Å². The molecule has 27 heavy (non-hydrogen) atoms. The van der Waals surface area contributed by atoms with Crippen LogP contribution in [0, 0.1) is 19.8 Å². The van der Waals surface area contributed by atoms with Gasteiger partial charge in [0.05, 0.1) is 0 Å². The predicted molar refractivity (Wildman–Crippen MR) is 96.9 cm³/mol. The molecule has 1 aromatic carbocycles. The number of imide groups is 1. The van der Waals surface area contributed by atoms with Gasteiger partial charge in [-0.15, -0.1) is 0 Å². The minimum atomic E-state index is -0.947. The standard InChI is InChI=1S/C19H23N3O5/c1-11-4-5-12(2)14(8-11)20-15(23)10-27-16(24)9-22-17(25)19(3,13-6-7-13)21-18(22)26/h4-5,8,13H,6-7,9-10H2,1-3H3,(H,20,23)(H,21,26)/t19-/m0/s1. The first-order valence-electron chi connectivity index (χ1n) is 8.87. The molecule has 0 bridgehead atoms. The van der Waals surface area contributed by atoms with Gasteiger partial charge in [-0.2, -0.15) is 0 Å². The lowest BCUT2D eigenvalue weighted by Crippen LogP contribution is -2.46. The molecule has 3 rings (SSSR count). The molecule has 1 atom stereocenters. The monoisotopic (exact) mass is 373 g/mol. The first-order chi connectivity index (χ1) is 12.7. The van der Waals surface area contributed by atoms with Crippen LogP contribution in [0.3, 0.4) is 0 Å². The van der Waals surface area contributed by atoms with Crippen molar-refractivity contribution in [2.45, 2.75) is 39.2 Å². The number of esters is 1. The zero-order chi connectivity index (χ0) is 19.8. The van der Waals surface area contributed by atoms with E-state index in [2.05, 4.69) is 10.6 Å². The van der Waals surface area contributed by atoms with Gasteiger partial charge in [0, 0.05) is 5.69 Å². The molecular formula is C19H23N3O5. The Balaban J connectivity index is 1.51. The van der Waals surface area contributed by atoms with Gasteiger partial charge in [0.1, 0.15) is 12.1 Å². The van der Waals surface area contributed by atoms with Crippen LogP contribution in [0.25, 0.3) is 0 Å². The maximum atomic E-state index is 12.5. The third-order valence-corrected chi connectivity index (χ3v) is 5.01. The summed E-state index contributed by atoms with van der Waals surface area (Å²) in [6.07, 6.45) is 1.75. The third kappa shape index (κ3) is 3.94. The maximum absolute atomic E-state index is 12.5. The zero-order valence-corrected chi connectivity index (χ0v) is 15.6. The molecule has 0 spiro atoms. The fourth-order valence-electron chi connectivity index (χ4n) is 3.17. The molecule has 0 unspecified atom stereocenters. The average molecular weight is 373 g/mol. The molecule has 2 aliphatic rings. The summed E-state index contributed by atoms with van der Waals surface area (Å²) in [5.74, 6) is -1.61. The summed E-state index contributed by atoms with van der Waals surface area (Å²) in [4.78, 5) is 49.3. The summed E-state index contributed by atoms with van der Waals surface area (Å²) in [6, 6.07) is 5.02. The number of hydrogen-bond donors (Lipinski definition) is 2. The second-order valence-corrected chi connectivity index (χ2v) is 7.33. The molecule has 1 saturated heterocycles. The van der Waals surface area contributed by atoms with E-state index >= 15 is 0 Å². The topological polar surface area (TPSA) is 105 Å². The number of carbonyl (C=O) groups is 4. The molecule has 4 amide bonds. The van der Waals surface area contributed by atoms with E-state index in [1.54, 1.807) is 6.92 Å². The molecule has 8 heteroatoms. The number of ether oxygens (including phenoxy) is 1. The Bertz CT molecular complexity index is 818. The van der Waals surface area contributed by atoms with E-state index in [1.807, 2.05) is 32.0 Å². The van der Waals surface area contributed by atoms with Crippen molar-refractivity contribution >= 4 is 29.5 Å². The van der Waals surface area contributed by atoms with E-state index in [0.717, 1.165) is 28.9 Å². The lowest BCUT2D eigenvalue weighted by molar-refractivity contribution is -0.150. The molecule has 2 N–H and O–H groups in total. The van der Waals surface area contributed by atoms with Gasteiger partial charge in [0.2, 0.25) is 0 Å². The van der Waals surface area contributed by atoms with Gasteiger partial charge in [-0.3, -0.25) is 19.3 Å². The fraction of sp³-hybridized carbons (Fsp3) is 0.474. The third-order valence-electron chi connectivity index (χ3n) is 5.01. The van der Waals surface area contributed by atoms with E-state index in [0.29, 0.717) is 5.69 Å². The molecule has 1 heterocycles. The summed E-state index contributed by atoms with van der Waals surface area (Å²) >= 11 is 0. The van der Waals surface area contributed by atoms with E-state index in [4.69, 9.17) is 4.74 Å². The Morgan fingerprint density at radius 3 is 2.67 bits per heavy atom. The number of urea groups is 1. The predicted octanol–water partition coefficient (Wildman–Crippen LogP) is 1.51. The molecule has 144 valence electrons. The lowest BCUT2D eigenvalue weighted by atomic mass is 9.96. The molecule has 1 aliphatic heterocycles. The Hall–Kier alpha value is -2.90. The highest BCUT2D eigenvalue weighted by atomic mass is 16.5. The molecule has 1 saturated carbocycles. The second kappa shape index (κ2) is 7.02. The minimum absolute atomic E-state index is 0.110. The smallest absolute Gasteiger partial charge is 0.326 e. The van der Waals surface area contributed by atoms with Crippen molar-refractivity contribution < 1.29 is 23.9 Å². The molecule has 2 fully saturated rings.